The van der Waals surface area contributed by atoms with Crippen LogP contribution in [0.25, 0.3) is 233 Å². The van der Waals surface area contributed by atoms with Crippen LogP contribution in [0.1, 0.15) is 0 Å². The monoisotopic (exact) mass is 1460 g/mol. The van der Waals surface area contributed by atoms with Gasteiger partial charge in [0.15, 0.2) is 11.6 Å². The van der Waals surface area contributed by atoms with E-state index in [9.17, 15) is 0 Å². The summed E-state index contributed by atoms with van der Waals surface area (Å²) in [5.41, 5.74) is 27.5. The lowest BCUT2D eigenvalue weighted by Crippen LogP contribution is -1.95. The molecule has 0 aliphatic rings. The third-order valence-electron chi connectivity index (χ3n) is 22.4. The second-order valence-electron chi connectivity index (χ2n) is 29.2. The van der Waals surface area contributed by atoms with Crippen molar-refractivity contribution in [2.24, 2.45) is 0 Å². The number of para-hydroxylation sites is 4. The van der Waals surface area contributed by atoms with E-state index in [1.54, 1.807) is 0 Å². The van der Waals surface area contributed by atoms with Gasteiger partial charge in [-0.05, 0) is 162 Å². The topological polar surface area (TPSA) is 114 Å². The van der Waals surface area contributed by atoms with Crippen LogP contribution in [-0.4, -0.2) is 29.1 Å². The van der Waals surface area contributed by atoms with Gasteiger partial charge < -0.3 is 26.8 Å². The van der Waals surface area contributed by atoms with Crippen molar-refractivity contribution < 1.29 is 17.7 Å². The molecule has 0 unspecified atom stereocenters. The van der Waals surface area contributed by atoms with Gasteiger partial charge in [-0.3, -0.25) is 0 Å². The third kappa shape index (κ3) is 10.9. The number of furan rings is 4. The lowest BCUT2D eigenvalue weighted by Gasteiger charge is -2.09. The number of nitrogens with zero attached hydrogens (tertiary/aromatic N) is 6. The largest absolute Gasteiger partial charge is 0.456 e. The van der Waals surface area contributed by atoms with E-state index in [-0.39, 0.29) is 0 Å². The van der Waals surface area contributed by atoms with Crippen molar-refractivity contribution in [3.8, 4) is 101 Å². The van der Waals surface area contributed by atoms with Crippen LogP contribution in [0.3, 0.4) is 0 Å². The highest BCUT2D eigenvalue weighted by Crippen LogP contribution is 2.45. The summed E-state index contributed by atoms with van der Waals surface area (Å²) in [4.78, 5) is 20.1. The van der Waals surface area contributed by atoms with E-state index in [0.29, 0.717) is 11.6 Å². The van der Waals surface area contributed by atoms with Gasteiger partial charge in [0.25, 0.3) is 0 Å². The van der Waals surface area contributed by atoms with Crippen molar-refractivity contribution in [3.05, 3.63) is 376 Å². The van der Waals surface area contributed by atoms with E-state index in [1.807, 2.05) is 103 Å². The Balaban J connectivity index is 0.000000135. The lowest BCUT2D eigenvalue weighted by atomic mass is 10.00. The average molecular weight is 1460 g/mol. The maximum absolute atomic E-state index is 6.56. The highest BCUT2D eigenvalue weighted by molar-refractivity contribution is 6.19. The molecule has 16 aromatic carbocycles. The van der Waals surface area contributed by atoms with Crippen LogP contribution in [0.4, 0.5) is 0 Å². The van der Waals surface area contributed by atoms with Gasteiger partial charge in [-0.2, -0.15) is 0 Å². The number of rotatable bonds is 10. The summed E-state index contributed by atoms with van der Waals surface area (Å²) in [5, 5.41) is 13.3. The van der Waals surface area contributed by atoms with Crippen LogP contribution in [0, 0.1) is 0 Å². The van der Waals surface area contributed by atoms with Gasteiger partial charge >= 0.3 is 0 Å². The highest BCUT2D eigenvalue weighted by Gasteiger charge is 2.22. The molecule has 24 aromatic rings. The fraction of sp³-hybridized carbons (Fsp3) is 0. The average Bonchev–Trinajstić information content (AvgIpc) is 1.66. The lowest BCUT2D eigenvalue weighted by molar-refractivity contribution is 0.655. The molecule has 10 heteroatoms. The Morgan fingerprint density at radius 3 is 0.886 bits per heavy atom. The first-order chi connectivity index (χ1) is 56.4. The minimum atomic E-state index is 0.684. The maximum Gasteiger partial charge on any atom is 0.160 e. The number of hydrogen-bond donors (Lipinski definition) is 0. The predicted molar refractivity (Wildman–Crippen MR) is 465 cm³/mol. The molecule has 24 rings (SSSR count). The molecule has 10 nitrogen and oxygen atoms in total. The molecule has 0 fully saturated rings. The van der Waals surface area contributed by atoms with Crippen molar-refractivity contribution in [2.75, 3.05) is 0 Å². The summed E-state index contributed by atoms with van der Waals surface area (Å²) in [6.45, 7) is 0. The van der Waals surface area contributed by atoms with Crippen LogP contribution in [-0.2, 0) is 0 Å². The molecule has 114 heavy (non-hydrogen) atoms. The third-order valence-corrected chi connectivity index (χ3v) is 22.4. The van der Waals surface area contributed by atoms with Crippen molar-refractivity contribution >= 4 is 131 Å². The van der Waals surface area contributed by atoms with Crippen molar-refractivity contribution in [3.63, 3.8) is 0 Å². The molecule has 0 aliphatic carbocycles. The zero-order chi connectivity index (χ0) is 74.9. The van der Waals surface area contributed by atoms with Crippen LogP contribution in [0.2, 0.25) is 0 Å². The fourth-order valence-corrected chi connectivity index (χ4v) is 16.9. The van der Waals surface area contributed by atoms with Gasteiger partial charge in [0.05, 0.1) is 44.8 Å². The first kappa shape index (κ1) is 64.5. The van der Waals surface area contributed by atoms with Crippen molar-refractivity contribution in [1.29, 1.82) is 0 Å². The smallest absolute Gasteiger partial charge is 0.160 e. The Labute approximate surface area is 651 Å². The van der Waals surface area contributed by atoms with Crippen molar-refractivity contribution in [2.45, 2.75) is 0 Å². The van der Waals surface area contributed by atoms with Crippen LogP contribution >= 0.6 is 0 Å². The summed E-state index contributed by atoms with van der Waals surface area (Å²) in [6.07, 6.45) is 0. The first-order valence-electron chi connectivity index (χ1n) is 38.3. The van der Waals surface area contributed by atoms with E-state index >= 15 is 0 Å². The van der Waals surface area contributed by atoms with E-state index in [2.05, 4.69) is 282 Å². The number of fused-ring (bicyclic) bond motifs is 18. The standard InChI is InChI=1S/2C52H31N3O2/c1-4-12-32(13-5-1)44-30-45(54-52(53-44)33-14-6-2-7-15-33)36-21-24-40-43-29-42-39-23-20-35(27-48(39)56-50(42)31-51(43)57-49(40)28-36)34-22-25-47-41(26-34)38-18-10-11-19-46(38)55(47)37-16-8-3-9-17-37;1-4-12-32(13-5-1)44-30-45(54-52(53-44)33-14-6-2-7-15-33)36-22-25-49-41(28-36)43-29-42-40-27-35(21-24-48(40)56-50(42)31-51(43)57-49)34-20-23-47-39(26-34)38-18-10-11-19-46(38)55(47)37-16-8-3-9-17-37/h2*1-31H. The predicted octanol–water partition coefficient (Wildman–Crippen LogP) is 28.1. The van der Waals surface area contributed by atoms with Crippen LogP contribution in [0.5, 0.6) is 0 Å². The quantitative estimate of drug-likeness (QED) is 0.133. The van der Waals surface area contributed by atoms with Gasteiger partial charge in [-0.25, -0.2) is 19.9 Å². The molecule has 8 aromatic heterocycles. The minimum absolute atomic E-state index is 0.684. The number of hydrogen-bond acceptors (Lipinski definition) is 8. The SMILES string of the molecule is c1ccc(-c2cc(-c3ccc4c(c3)oc3cc5oc6cc(-c7ccc8c(c7)c7ccccc7n8-c7ccccc7)ccc6c5cc34)nc(-c3ccccc3)n2)cc1.c1ccc(-c2cc(-c3ccc4oc5cc6oc7ccc(-c8ccc9c(c8)c8ccccc8n9-c8ccccc8)cc7c6cc5c4c3)nc(-c3ccccc3)n2)cc1. The summed E-state index contributed by atoms with van der Waals surface area (Å²) in [5.74, 6) is 1.37. The van der Waals surface area contributed by atoms with Gasteiger partial charge in [-0.15, -0.1) is 0 Å². The molecule has 0 saturated heterocycles. The summed E-state index contributed by atoms with van der Waals surface area (Å²) in [7, 11) is 0. The molecule has 0 saturated carbocycles. The number of aromatic nitrogens is 6. The Hall–Kier alpha value is -15.5. The van der Waals surface area contributed by atoms with E-state index in [0.717, 1.165) is 178 Å². The minimum Gasteiger partial charge on any atom is -0.456 e. The van der Waals surface area contributed by atoms with E-state index in [4.69, 9.17) is 37.6 Å². The number of benzene rings is 16. The summed E-state index contributed by atoms with van der Waals surface area (Å²) in [6, 6.07) is 131. The Morgan fingerprint density at radius 2 is 0.439 bits per heavy atom. The molecule has 0 aliphatic heterocycles. The fourth-order valence-electron chi connectivity index (χ4n) is 16.9. The summed E-state index contributed by atoms with van der Waals surface area (Å²) < 4.78 is 30.7. The zero-order valence-corrected chi connectivity index (χ0v) is 61.1. The molecular weight excluding hydrogens is 1400 g/mol. The first-order valence-corrected chi connectivity index (χ1v) is 38.3. The molecule has 0 N–H and O–H groups in total. The molecule has 0 amide bonds. The van der Waals surface area contributed by atoms with Crippen molar-refractivity contribution in [1.82, 2.24) is 29.1 Å². The molecule has 532 valence electrons. The Morgan fingerprint density at radius 1 is 0.158 bits per heavy atom. The molecule has 0 bridgehead atoms. The zero-order valence-electron chi connectivity index (χ0n) is 61.1. The second kappa shape index (κ2) is 26.1. The van der Waals surface area contributed by atoms with Gasteiger partial charge in [0.1, 0.15) is 44.7 Å². The molecule has 0 spiro atoms. The van der Waals surface area contributed by atoms with E-state index < -0.39 is 0 Å². The van der Waals surface area contributed by atoms with Crippen LogP contribution in [0.15, 0.2) is 394 Å². The van der Waals surface area contributed by atoms with E-state index in [1.165, 1.54) is 43.6 Å². The van der Waals surface area contributed by atoms with Crippen LogP contribution < -0.4 is 0 Å². The Bertz CT molecular complexity index is 7840. The molecule has 0 atom stereocenters. The van der Waals surface area contributed by atoms with Gasteiger partial charge in [0, 0.05) is 122 Å². The highest BCUT2D eigenvalue weighted by atomic mass is 16.4. The normalized spacial score (nSPS) is 11.9. The van der Waals surface area contributed by atoms with Gasteiger partial charge in [-0.1, -0.05) is 224 Å². The van der Waals surface area contributed by atoms with Gasteiger partial charge in [0.2, 0.25) is 0 Å². The Kier molecular flexibility index (Phi) is 14.8. The molecule has 0 radical (unpaired) electrons. The summed E-state index contributed by atoms with van der Waals surface area (Å²) >= 11 is 0. The maximum atomic E-state index is 6.56. The second-order valence-corrected chi connectivity index (χ2v) is 29.2. The molecule has 8 heterocycles. The molecular formula is C104H62N6O4.